The smallest absolute Gasteiger partial charge is 0.165 e. The third kappa shape index (κ3) is 7.45. The van der Waals surface area contributed by atoms with Crippen molar-refractivity contribution in [1.29, 1.82) is 0 Å². The number of hydrogen-bond donors (Lipinski definition) is 0. The van der Waals surface area contributed by atoms with Crippen LogP contribution >= 0.6 is 0 Å². The van der Waals surface area contributed by atoms with Gasteiger partial charge in [0, 0.05) is 54.2 Å². The van der Waals surface area contributed by atoms with Crippen LogP contribution in [0.3, 0.4) is 0 Å². The number of fused-ring (bicyclic) bond motifs is 30. The zero-order chi connectivity index (χ0) is 63.8. The lowest BCUT2D eigenvalue weighted by Gasteiger charge is -2.16. The van der Waals surface area contributed by atoms with Crippen molar-refractivity contribution in [3.63, 3.8) is 0 Å². The van der Waals surface area contributed by atoms with Gasteiger partial charge in [-0.05, 0) is 146 Å². The van der Waals surface area contributed by atoms with Crippen LogP contribution in [0, 0.1) is 0 Å². The molecule has 0 saturated heterocycles. The van der Waals surface area contributed by atoms with Crippen molar-refractivity contribution in [3.8, 4) is 45.3 Å². The Balaban J connectivity index is 0.759. The summed E-state index contributed by atoms with van der Waals surface area (Å²) >= 11 is 0. The molecule has 0 bridgehead atoms. The minimum absolute atomic E-state index is 0.790. The molecule has 0 fully saturated rings. The van der Waals surface area contributed by atoms with Gasteiger partial charge in [0.1, 0.15) is 11.4 Å². The largest absolute Gasteiger partial charge is 0.292 e. The molecule has 0 unspecified atom stereocenters. The normalized spacial score (nSPS) is 12.3. The van der Waals surface area contributed by atoms with Gasteiger partial charge in [-0.15, -0.1) is 0 Å². The monoisotopic (exact) mass is 1240 g/mol. The zero-order valence-corrected chi connectivity index (χ0v) is 52.7. The van der Waals surface area contributed by atoms with Gasteiger partial charge in [0.05, 0.1) is 44.1 Å². The summed E-state index contributed by atoms with van der Waals surface area (Å²) in [6.07, 6.45) is 0. The molecule has 6 nitrogen and oxygen atoms in total. The number of hydrogen-bond acceptors (Lipinski definition) is 4. The Morgan fingerprint density at radius 3 is 1.10 bits per heavy atom. The van der Waals surface area contributed by atoms with E-state index in [1.54, 1.807) is 0 Å². The molecule has 22 rings (SSSR count). The van der Waals surface area contributed by atoms with E-state index in [0.29, 0.717) is 0 Å². The lowest BCUT2D eigenvalue weighted by Crippen LogP contribution is -2.04. The molecule has 6 heteroatoms. The van der Waals surface area contributed by atoms with Crippen LogP contribution in [0.15, 0.2) is 315 Å². The van der Waals surface area contributed by atoms with E-state index in [4.69, 9.17) is 19.9 Å². The van der Waals surface area contributed by atoms with Gasteiger partial charge in [-0.1, -0.05) is 267 Å². The zero-order valence-electron chi connectivity index (χ0n) is 52.7. The number of benzene rings is 18. The molecule has 0 amide bonds. The molecular weight excluding hydrogens is 1190 g/mol. The standard InChI is InChI=1S/C92H52N6/c1-3-22-56(23-4-1)87-92(96-90-63-28-12-9-21-55(63)37-45-75(90)93-87)98-78-48-40-54-20-8-11-27-62(54)84(78)86-80(98)50-44-72-68-32-15-16-33-69(68)74-52-59(36-42-73(74)82(72)86)58-35-41-64-60(51-58)38-46-76-89(64)95-88(57-24-5-2-6-25-57)91(94-76)97-77-47-39-53-19-7-10-26-61(53)83(77)85-79(97)49-43-71-67-31-14-13-29-65(67)66-30-17-18-34-70(66)81(71)85/h1-52H. The van der Waals surface area contributed by atoms with Gasteiger partial charge in [0.25, 0.3) is 0 Å². The van der Waals surface area contributed by atoms with E-state index in [1.807, 2.05) is 0 Å². The Morgan fingerprint density at radius 1 is 0.184 bits per heavy atom. The first kappa shape index (κ1) is 53.2. The maximum absolute atomic E-state index is 5.80. The Labute approximate surface area is 559 Å². The average Bonchev–Trinajstić information content (AvgIpc) is 0.901. The highest BCUT2D eigenvalue weighted by Gasteiger charge is 2.27. The first-order chi connectivity index (χ1) is 48.6. The van der Waals surface area contributed by atoms with Crippen molar-refractivity contribution in [2.45, 2.75) is 0 Å². The fourth-order valence-electron chi connectivity index (χ4n) is 16.9. The van der Waals surface area contributed by atoms with Gasteiger partial charge in [-0.2, -0.15) is 0 Å². The molecule has 0 saturated carbocycles. The van der Waals surface area contributed by atoms with Crippen LogP contribution in [0.5, 0.6) is 0 Å². The molecule has 4 heterocycles. The highest BCUT2D eigenvalue weighted by Crippen LogP contribution is 2.50. The predicted octanol–water partition coefficient (Wildman–Crippen LogP) is 24.3. The van der Waals surface area contributed by atoms with Crippen molar-refractivity contribution in [2.75, 3.05) is 0 Å². The van der Waals surface area contributed by atoms with Crippen molar-refractivity contribution in [3.05, 3.63) is 315 Å². The SMILES string of the molecule is c1ccc(-c2nc3c(ccc4cc(-c5ccc6c(c5)c5ccccc5c5ccc7c(c56)c5c6ccccc6ccc5n7-c5nc6c(ccc7ccccc76)nc5-c5ccccc5)ccc43)nc2-n2c3ccc4ccccc4c3c3c4c5ccccc5c5ccccc5c4ccc32)cc1. The van der Waals surface area contributed by atoms with Gasteiger partial charge in [0.2, 0.25) is 0 Å². The summed E-state index contributed by atoms with van der Waals surface area (Å²) < 4.78 is 4.79. The molecule has 18 aromatic carbocycles. The third-order valence-electron chi connectivity index (χ3n) is 21.2. The Hall–Kier alpha value is -13.2. The van der Waals surface area contributed by atoms with E-state index in [0.717, 1.165) is 111 Å². The highest BCUT2D eigenvalue weighted by molar-refractivity contribution is 6.40. The summed E-state index contributed by atoms with van der Waals surface area (Å²) in [5, 5.41) is 28.6. The quantitative estimate of drug-likeness (QED) is 0.161. The summed E-state index contributed by atoms with van der Waals surface area (Å²) in [4.78, 5) is 22.9. The Bertz CT molecular complexity index is 7260. The molecule has 0 atom stereocenters. The molecule has 0 spiro atoms. The summed E-state index contributed by atoms with van der Waals surface area (Å²) in [5.74, 6) is 1.58. The maximum atomic E-state index is 5.80. The van der Waals surface area contributed by atoms with Crippen molar-refractivity contribution < 1.29 is 0 Å². The fraction of sp³-hybridized carbons (Fsp3) is 0. The second kappa shape index (κ2) is 20.2. The molecule has 0 aliphatic rings. The molecular formula is C92H52N6. The van der Waals surface area contributed by atoms with Gasteiger partial charge >= 0.3 is 0 Å². The molecule has 0 radical (unpaired) electrons. The van der Waals surface area contributed by atoms with Crippen LogP contribution in [-0.4, -0.2) is 29.1 Å². The van der Waals surface area contributed by atoms with E-state index < -0.39 is 0 Å². The first-order valence-corrected chi connectivity index (χ1v) is 33.6. The number of rotatable bonds is 5. The fourth-order valence-corrected chi connectivity index (χ4v) is 16.9. The van der Waals surface area contributed by atoms with E-state index in [-0.39, 0.29) is 0 Å². The van der Waals surface area contributed by atoms with Gasteiger partial charge < -0.3 is 0 Å². The van der Waals surface area contributed by atoms with Crippen molar-refractivity contribution in [1.82, 2.24) is 29.1 Å². The van der Waals surface area contributed by atoms with E-state index in [9.17, 15) is 0 Å². The highest BCUT2D eigenvalue weighted by atomic mass is 15.1. The lowest BCUT2D eigenvalue weighted by molar-refractivity contribution is 1.08. The molecule has 22 aromatic rings. The van der Waals surface area contributed by atoms with Crippen LogP contribution in [0.4, 0.5) is 0 Å². The summed E-state index contributed by atoms with van der Waals surface area (Å²) in [6, 6.07) is 115. The summed E-state index contributed by atoms with van der Waals surface area (Å²) in [5.41, 5.74) is 13.7. The molecule has 0 N–H and O–H groups in total. The second-order valence-electron chi connectivity index (χ2n) is 26.2. The number of nitrogens with zero attached hydrogens (tertiary/aromatic N) is 6. The minimum Gasteiger partial charge on any atom is -0.292 e. The molecule has 98 heavy (non-hydrogen) atoms. The van der Waals surface area contributed by atoms with Crippen LogP contribution in [0.1, 0.15) is 0 Å². The Morgan fingerprint density at radius 2 is 0.531 bits per heavy atom. The Kier molecular flexibility index (Phi) is 11.0. The van der Waals surface area contributed by atoms with E-state index in [1.165, 1.54) is 108 Å². The first-order valence-electron chi connectivity index (χ1n) is 33.6. The topological polar surface area (TPSA) is 61.4 Å². The van der Waals surface area contributed by atoms with E-state index >= 15 is 0 Å². The van der Waals surface area contributed by atoms with Crippen LogP contribution in [-0.2, 0) is 0 Å². The van der Waals surface area contributed by atoms with E-state index in [2.05, 4.69) is 325 Å². The van der Waals surface area contributed by atoms with Crippen molar-refractivity contribution in [2.24, 2.45) is 0 Å². The maximum Gasteiger partial charge on any atom is 0.165 e. The number of aromatic nitrogens is 6. The van der Waals surface area contributed by atoms with Gasteiger partial charge in [-0.25, -0.2) is 19.9 Å². The van der Waals surface area contributed by atoms with Crippen molar-refractivity contribution >= 4 is 173 Å². The van der Waals surface area contributed by atoms with Crippen LogP contribution in [0.2, 0.25) is 0 Å². The van der Waals surface area contributed by atoms with Gasteiger partial charge in [0.15, 0.2) is 11.6 Å². The molecule has 4 aromatic heterocycles. The van der Waals surface area contributed by atoms with Gasteiger partial charge in [-0.3, -0.25) is 9.13 Å². The molecule has 450 valence electrons. The van der Waals surface area contributed by atoms with Crippen LogP contribution < -0.4 is 0 Å². The lowest BCUT2D eigenvalue weighted by atomic mass is 9.89. The molecule has 0 aliphatic carbocycles. The predicted molar refractivity (Wildman–Crippen MR) is 413 cm³/mol. The third-order valence-corrected chi connectivity index (χ3v) is 21.2. The second-order valence-corrected chi connectivity index (χ2v) is 26.2. The minimum atomic E-state index is 0.790. The molecule has 0 aliphatic heterocycles. The van der Waals surface area contributed by atoms with Crippen LogP contribution in [0.25, 0.3) is 219 Å². The average molecular weight is 1240 g/mol. The summed E-state index contributed by atoms with van der Waals surface area (Å²) in [6.45, 7) is 0. The summed E-state index contributed by atoms with van der Waals surface area (Å²) in [7, 11) is 0.